The van der Waals surface area contributed by atoms with Gasteiger partial charge in [0.1, 0.15) is 5.82 Å². The fraction of sp³-hybridized carbons (Fsp3) is 0.368. The molecule has 1 fully saturated rings. The van der Waals surface area contributed by atoms with Gasteiger partial charge in [-0.15, -0.1) is 0 Å². The second kappa shape index (κ2) is 7.96. The number of halogens is 3. The van der Waals surface area contributed by atoms with Crippen LogP contribution in [0.3, 0.4) is 0 Å². The van der Waals surface area contributed by atoms with Crippen LogP contribution in [0.5, 0.6) is 0 Å². The Kier molecular flexibility index (Phi) is 5.65. The van der Waals surface area contributed by atoms with Gasteiger partial charge in [0.05, 0.1) is 17.2 Å². The quantitative estimate of drug-likeness (QED) is 0.736. The van der Waals surface area contributed by atoms with Crippen LogP contribution in [0.25, 0.3) is 0 Å². The first-order valence-corrected chi connectivity index (χ1v) is 8.68. The van der Waals surface area contributed by atoms with Crippen LogP contribution in [-0.4, -0.2) is 28.6 Å². The minimum atomic E-state index is -4.42. The molecule has 0 aliphatic heterocycles. The lowest BCUT2D eigenvalue weighted by Gasteiger charge is -2.14. The Labute approximate surface area is 154 Å². The molecule has 1 saturated carbocycles. The molecule has 1 heterocycles. The third-order valence-corrected chi connectivity index (χ3v) is 4.59. The van der Waals surface area contributed by atoms with E-state index in [2.05, 4.69) is 15.6 Å². The van der Waals surface area contributed by atoms with Crippen molar-refractivity contribution in [1.82, 2.24) is 4.98 Å². The summed E-state index contributed by atoms with van der Waals surface area (Å²) in [5, 5.41) is 15.3. The van der Waals surface area contributed by atoms with Gasteiger partial charge in [-0.3, -0.25) is 4.79 Å². The van der Waals surface area contributed by atoms with E-state index in [0.29, 0.717) is 30.3 Å². The van der Waals surface area contributed by atoms with Crippen molar-refractivity contribution in [3.8, 4) is 0 Å². The molecule has 1 aliphatic rings. The largest absolute Gasteiger partial charge is 0.416 e. The Morgan fingerprint density at radius 1 is 1.19 bits per heavy atom. The number of anilines is 2. The van der Waals surface area contributed by atoms with Gasteiger partial charge in [0.15, 0.2) is 0 Å². The molecule has 0 bridgehead atoms. The number of aliphatic hydroxyl groups excluding tert-OH is 1. The van der Waals surface area contributed by atoms with Gasteiger partial charge in [-0.05, 0) is 61.6 Å². The zero-order valence-corrected chi connectivity index (χ0v) is 14.5. The number of benzene rings is 1. The third kappa shape index (κ3) is 4.97. The van der Waals surface area contributed by atoms with Crippen LogP contribution < -0.4 is 10.6 Å². The molecule has 3 rings (SSSR count). The van der Waals surface area contributed by atoms with Crippen molar-refractivity contribution in [1.29, 1.82) is 0 Å². The minimum absolute atomic E-state index is 0.265. The Bertz CT molecular complexity index is 794. The van der Waals surface area contributed by atoms with E-state index in [0.717, 1.165) is 25.0 Å². The molecule has 27 heavy (non-hydrogen) atoms. The summed E-state index contributed by atoms with van der Waals surface area (Å²) >= 11 is 0. The van der Waals surface area contributed by atoms with Crippen LogP contribution in [0.2, 0.25) is 0 Å². The van der Waals surface area contributed by atoms with Crippen LogP contribution in [0.4, 0.5) is 24.7 Å². The van der Waals surface area contributed by atoms with E-state index in [-0.39, 0.29) is 11.8 Å². The smallest absolute Gasteiger partial charge is 0.393 e. The van der Waals surface area contributed by atoms with Gasteiger partial charge in [0.25, 0.3) is 5.91 Å². The van der Waals surface area contributed by atoms with Gasteiger partial charge in [-0.2, -0.15) is 13.2 Å². The molecule has 0 radical (unpaired) electrons. The monoisotopic (exact) mass is 379 g/mol. The van der Waals surface area contributed by atoms with E-state index in [1.807, 2.05) is 0 Å². The van der Waals surface area contributed by atoms with E-state index in [1.54, 1.807) is 18.3 Å². The summed E-state index contributed by atoms with van der Waals surface area (Å²) in [6, 6.07) is 7.48. The van der Waals surface area contributed by atoms with Crippen LogP contribution in [-0.2, 0) is 6.18 Å². The second-order valence-corrected chi connectivity index (χ2v) is 6.64. The zero-order chi connectivity index (χ0) is 19.4. The van der Waals surface area contributed by atoms with Gasteiger partial charge in [0, 0.05) is 18.4 Å². The van der Waals surface area contributed by atoms with E-state index >= 15 is 0 Å². The van der Waals surface area contributed by atoms with E-state index in [1.165, 1.54) is 12.1 Å². The lowest BCUT2D eigenvalue weighted by Crippen LogP contribution is -2.19. The Balaban J connectivity index is 1.66. The third-order valence-electron chi connectivity index (χ3n) is 4.59. The molecule has 0 spiro atoms. The van der Waals surface area contributed by atoms with Crippen molar-refractivity contribution in [2.24, 2.45) is 5.92 Å². The first-order chi connectivity index (χ1) is 12.8. The Morgan fingerprint density at radius 3 is 2.56 bits per heavy atom. The van der Waals surface area contributed by atoms with E-state index < -0.39 is 17.6 Å². The number of nitrogens with one attached hydrogen (secondary N) is 2. The number of hydrogen-bond donors (Lipinski definition) is 3. The molecule has 0 saturated heterocycles. The first-order valence-electron chi connectivity index (χ1n) is 8.68. The highest BCUT2D eigenvalue weighted by Gasteiger charge is 2.30. The van der Waals surface area contributed by atoms with Crippen LogP contribution in [0.1, 0.15) is 35.2 Å². The minimum Gasteiger partial charge on any atom is -0.393 e. The first kappa shape index (κ1) is 19.2. The maximum atomic E-state index is 12.6. The summed E-state index contributed by atoms with van der Waals surface area (Å²) in [6.07, 6.45) is -0.739. The summed E-state index contributed by atoms with van der Waals surface area (Å²) in [5.74, 6) is 0.257. The van der Waals surface area contributed by atoms with Crippen LogP contribution in [0.15, 0.2) is 42.6 Å². The molecule has 1 aromatic carbocycles. The van der Waals surface area contributed by atoms with Crippen molar-refractivity contribution in [3.63, 3.8) is 0 Å². The van der Waals surface area contributed by atoms with Gasteiger partial charge in [0.2, 0.25) is 0 Å². The SMILES string of the molecule is O=C(Nc1ccc(C(F)(F)F)cc1)c1cccnc1NCC1CC[C@@H](O)C1. The van der Waals surface area contributed by atoms with Gasteiger partial charge >= 0.3 is 6.18 Å². The number of amides is 1. The topological polar surface area (TPSA) is 74.2 Å². The average molecular weight is 379 g/mol. The van der Waals surface area contributed by atoms with Crippen molar-refractivity contribution in [2.45, 2.75) is 31.5 Å². The van der Waals surface area contributed by atoms with E-state index in [9.17, 15) is 23.1 Å². The van der Waals surface area contributed by atoms with Crippen LogP contribution in [0, 0.1) is 5.92 Å². The van der Waals surface area contributed by atoms with Gasteiger partial charge in [-0.1, -0.05) is 0 Å². The summed E-state index contributed by atoms with van der Waals surface area (Å²) in [6.45, 7) is 0.592. The molecule has 1 amide bonds. The lowest BCUT2D eigenvalue weighted by atomic mass is 10.1. The lowest BCUT2D eigenvalue weighted by molar-refractivity contribution is -0.137. The molecule has 1 aliphatic carbocycles. The highest BCUT2D eigenvalue weighted by Crippen LogP contribution is 2.30. The number of aliphatic hydroxyl groups is 1. The van der Waals surface area contributed by atoms with Crippen molar-refractivity contribution < 1.29 is 23.1 Å². The second-order valence-electron chi connectivity index (χ2n) is 6.64. The molecule has 1 unspecified atom stereocenters. The molecule has 1 aromatic heterocycles. The molecule has 5 nitrogen and oxygen atoms in total. The summed E-state index contributed by atoms with van der Waals surface area (Å²) in [5.41, 5.74) is -0.208. The number of nitrogens with zero attached hydrogens (tertiary/aromatic N) is 1. The average Bonchev–Trinajstić information content (AvgIpc) is 3.05. The molecular formula is C19H20F3N3O2. The highest BCUT2D eigenvalue weighted by molar-refractivity contribution is 6.07. The molecular weight excluding hydrogens is 359 g/mol. The molecule has 2 aromatic rings. The predicted molar refractivity (Wildman–Crippen MR) is 95.5 cm³/mol. The van der Waals surface area contributed by atoms with Crippen molar-refractivity contribution in [3.05, 3.63) is 53.7 Å². The molecule has 2 atom stereocenters. The zero-order valence-electron chi connectivity index (χ0n) is 14.5. The van der Waals surface area contributed by atoms with Gasteiger partial charge in [-0.25, -0.2) is 4.98 Å². The fourth-order valence-electron chi connectivity index (χ4n) is 3.15. The number of pyridine rings is 1. The molecule has 8 heteroatoms. The van der Waals surface area contributed by atoms with E-state index in [4.69, 9.17) is 0 Å². The van der Waals surface area contributed by atoms with Crippen molar-refractivity contribution >= 4 is 17.4 Å². The summed E-state index contributed by atoms with van der Waals surface area (Å²) in [4.78, 5) is 16.7. The molecule has 3 N–H and O–H groups in total. The standard InChI is InChI=1S/C19H20F3N3O2/c20-19(21,22)13-4-6-14(7-5-13)25-18(27)16-2-1-9-23-17(16)24-11-12-3-8-15(26)10-12/h1-2,4-7,9,12,15,26H,3,8,10-11H2,(H,23,24)(H,25,27)/t12?,15-/m1/s1. The maximum absolute atomic E-state index is 12.6. The number of rotatable bonds is 5. The van der Waals surface area contributed by atoms with Crippen molar-refractivity contribution in [2.75, 3.05) is 17.2 Å². The number of aromatic nitrogens is 1. The summed E-state index contributed by atoms with van der Waals surface area (Å²) < 4.78 is 37.9. The van der Waals surface area contributed by atoms with Gasteiger partial charge < -0.3 is 15.7 Å². The molecule has 144 valence electrons. The number of carbonyl (C=O) groups excluding carboxylic acids is 1. The number of alkyl halides is 3. The predicted octanol–water partition coefficient (Wildman–Crippen LogP) is 3.93. The maximum Gasteiger partial charge on any atom is 0.416 e. The Morgan fingerprint density at radius 2 is 1.93 bits per heavy atom. The Hall–Kier alpha value is -2.61. The number of carbonyl (C=O) groups is 1. The van der Waals surface area contributed by atoms with Crippen LogP contribution >= 0.6 is 0 Å². The summed E-state index contributed by atoms with van der Waals surface area (Å²) in [7, 11) is 0. The normalized spacial score (nSPS) is 19.7. The number of hydrogen-bond acceptors (Lipinski definition) is 4. The highest BCUT2D eigenvalue weighted by atomic mass is 19.4. The fourth-order valence-corrected chi connectivity index (χ4v) is 3.15.